The van der Waals surface area contributed by atoms with Gasteiger partial charge in [-0.1, -0.05) is 35.9 Å². The molecule has 3 heterocycles. The Morgan fingerprint density at radius 3 is 2.04 bits per heavy atom. The zero-order valence-electron chi connectivity index (χ0n) is 27.7. The zero-order valence-corrected chi connectivity index (χ0v) is 29.2. The van der Waals surface area contributed by atoms with E-state index in [2.05, 4.69) is 4.98 Å². The normalized spacial score (nSPS) is 27.4. The number of aromatic nitrogens is 1. The van der Waals surface area contributed by atoms with E-state index in [0.717, 1.165) is 4.90 Å². The number of fused-ring (bicyclic) bond motifs is 5. The second-order valence-electron chi connectivity index (χ2n) is 13.8. The Balaban J connectivity index is 1.13. The van der Waals surface area contributed by atoms with E-state index in [1.54, 1.807) is 48.5 Å². The van der Waals surface area contributed by atoms with Gasteiger partial charge in [0.05, 0.1) is 17.5 Å². The van der Waals surface area contributed by atoms with Crippen LogP contribution >= 0.6 is 23.2 Å². The van der Waals surface area contributed by atoms with Crippen LogP contribution in [0.1, 0.15) is 24.3 Å². The van der Waals surface area contributed by atoms with E-state index in [1.807, 2.05) is 6.07 Å². The first kappa shape index (κ1) is 35.1. The summed E-state index contributed by atoms with van der Waals surface area (Å²) in [5.74, 6) is -21.3. The number of allylic oxidation sites excluding steroid dienone is 2. The van der Waals surface area contributed by atoms with Crippen LogP contribution in [0.5, 0.6) is 5.75 Å². The summed E-state index contributed by atoms with van der Waals surface area (Å²) in [5, 5.41) is 10.1. The number of halogens is 7. The van der Waals surface area contributed by atoms with Crippen molar-refractivity contribution in [3.05, 3.63) is 119 Å². The second kappa shape index (κ2) is 11.9. The van der Waals surface area contributed by atoms with Crippen LogP contribution in [-0.2, 0) is 19.2 Å². The highest BCUT2D eigenvalue weighted by Crippen LogP contribution is 2.66. The number of imide groups is 2. The van der Waals surface area contributed by atoms with E-state index in [0.29, 0.717) is 22.6 Å². The monoisotopic (exact) mass is 793 g/mol. The molecular weight excluding hydrogens is 772 g/mol. The Labute approximate surface area is 316 Å². The van der Waals surface area contributed by atoms with Gasteiger partial charge in [0.15, 0.2) is 38.6 Å². The van der Waals surface area contributed by atoms with Gasteiger partial charge < -0.3 is 9.52 Å². The Hall–Kier alpha value is -5.60. The van der Waals surface area contributed by atoms with Gasteiger partial charge in [-0.05, 0) is 72.9 Å². The summed E-state index contributed by atoms with van der Waals surface area (Å²) in [6, 6.07) is 18.7. The van der Waals surface area contributed by atoms with E-state index < -0.39 is 98.2 Å². The smallest absolute Gasteiger partial charge is 0.258 e. The van der Waals surface area contributed by atoms with Crippen molar-refractivity contribution in [2.75, 3.05) is 9.80 Å². The van der Waals surface area contributed by atoms with Crippen LogP contribution < -0.4 is 9.80 Å². The third-order valence-corrected chi connectivity index (χ3v) is 12.5. The predicted octanol–water partition coefficient (Wildman–Crippen LogP) is 7.66. The molecule has 2 aliphatic carbocycles. The number of benzene rings is 4. The third kappa shape index (κ3) is 4.61. The summed E-state index contributed by atoms with van der Waals surface area (Å²) in [6.07, 6.45) is 0.923. The van der Waals surface area contributed by atoms with E-state index >= 15 is 8.78 Å². The minimum Gasteiger partial charge on any atom is -0.508 e. The number of amides is 4. The Kier molecular flexibility index (Phi) is 7.63. The van der Waals surface area contributed by atoms with E-state index in [-0.39, 0.29) is 33.9 Å². The summed E-state index contributed by atoms with van der Waals surface area (Å²) in [5.41, 5.74) is 0.563. The molecule has 9 nitrogen and oxygen atoms in total. The number of nitrogens with zero attached hydrogens (tertiary/aromatic N) is 3. The number of hydrogen-bond donors (Lipinski definition) is 1. The number of carbonyl (C=O) groups excluding carboxylic acids is 4. The van der Waals surface area contributed by atoms with Crippen molar-refractivity contribution >= 4 is 69.3 Å². The summed E-state index contributed by atoms with van der Waals surface area (Å²) in [4.78, 5) is 57.1. The molecule has 3 fully saturated rings. The maximum atomic E-state index is 15.2. The van der Waals surface area contributed by atoms with E-state index in [4.69, 9.17) is 27.6 Å². The van der Waals surface area contributed by atoms with Crippen molar-refractivity contribution in [2.45, 2.75) is 28.5 Å². The fraction of sp³-hybridized carbons (Fsp3) is 0.205. The first-order valence-corrected chi connectivity index (χ1v) is 17.6. The number of phenols is 1. The lowest BCUT2D eigenvalue weighted by Gasteiger charge is -2.50. The molecule has 6 unspecified atom stereocenters. The van der Waals surface area contributed by atoms with Crippen molar-refractivity contribution in [2.24, 2.45) is 17.8 Å². The van der Waals surface area contributed by atoms with Gasteiger partial charge in [0, 0.05) is 11.5 Å². The molecule has 9 rings (SSSR count). The van der Waals surface area contributed by atoms with Gasteiger partial charge in [-0.15, -0.1) is 23.2 Å². The lowest BCUT2D eigenvalue weighted by atomic mass is 9.56. The molecule has 55 heavy (non-hydrogen) atoms. The minimum atomic E-state index is -2.66. The largest absolute Gasteiger partial charge is 0.508 e. The number of alkyl halides is 2. The van der Waals surface area contributed by atoms with Crippen LogP contribution in [0.25, 0.3) is 22.6 Å². The molecule has 6 atom stereocenters. The highest BCUT2D eigenvalue weighted by atomic mass is 35.5. The maximum Gasteiger partial charge on any atom is 0.258 e. The number of hydrogen-bond acceptors (Lipinski definition) is 7. The van der Waals surface area contributed by atoms with Crippen molar-refractivity contribution in [3.63, 3.8) is 0 Å². The van der Waals surface area contributed by atoms with Crippen LogP contribution in [0.3, 0.4) is 0 Å². The molecule has 2 aliphatic heterocycles. The molecule has 1 aromatic heterocycles. The van der Waals surface area contributed by atoms with Crippen LogP contribution in [0.4, 0.5) is 33.3 Å². The van der Waals surface area contributed by atoms with Crippen molar-refractivity contribution in [1.82, 2.24) is 4.98 Å². The van der Waals surface area contributed by atoms with Crippen molar-refractivity contribution in [3.8, 4) is 17.2 Å². The number of oxazole rings is 1. The fourth-order valence-corrected chi connectivity index (χ4v) is 9.55. The van der Waals surface area contributed by atoms with Gasteiger partial charge >= 0.3 is 0 Å². The molecule has 0 spiro atoms. The molecule has 0 bridgehead atoms. The molecule has 5 aromatic rings. The number of phenolic OH excluding ortho intramolecular Hbond substituents is 1. The summed E-state index contributed by atoms with van der Waals surface area (Å²) < 4.78 is 79.3. The molecule has 4 aliphatic rings. The van der Waals surface area contributed by atoms with Crippen molar-refractivity contribution in [1.29, 1.82) is 0 Å². The number of anilines is 2. The molecular formula is C39H22Cl2F5N3O6. The van der Waals surface area contributed by atoms with Crippen LogP contribution in [0, 0.1) is 46.8 Å². The minimum absolute atomic E-state index is 0.0289. The molecule has 1 N–H and O–H groups in total. The van der Waals surface area contributed by atoms with Gasteiger partial charge in [0.25, 0.3) is 11.8 Å². The number of rotatable bonds is 4. The van der Waals surface area contributed by atoms with Gasteiger partial charge in [0.1, 0.15) is 17.0 Å². The number of aromatic hydroxyl groups is 1. The highest BCUT2D eigenvalue weighted by Gasteiger charge is 2.77. The van der Waals surface area contributed by atoms with Crippen LogP contribution in [0.2, 0.25) is 0 Å². The van der Waals surface area contributed by atoms with Gasteiger partial charge in [-0.25, -0.2) is 31.8 Å². The lowest BCUT2D eigenvalue weighted by molar-refractivity contribution is -0.125. The lowest BCUT2D eigenvalue weighted by Crippen LogP contribution is -2.60. The Bertz CT molecular complexity index is 2520. The van der Waals surface area contributed by atoms with E-state index in [1.165, 1.54) is 24.3 Å². The first-order valence-electron chi connectivity index (χ1n) is 16.8. The average Bonchev–Trinajstić information content (AvgIpc) is 3.77. The Morgan fingerprint density at radius 1 is 0.745 bits per heavy atom. The Morgan fingerprint density at radius 2 is 1.38 bits per heavy atom. The van der Waals surface area contributed by atoms with Crippen LogP contribution in [0.15, 0.2) is 88.9 Å². The van der Waals surface area contributed by atoms with Crippen LogP contribution in [-0.4, -0.2) is 43.5 Å². The summed E-state index contributed by atoms with van der Waals surface area (Å²) in [7, 11) is 0. The third-order valence-electron chi connectivity index (χ3n) is 11.1. The molecule has 4 aromatic carbocycles. The number of carbonyl (C=O) groups is 4. The summed E-state index contributed by atoms with van der Waals surface area (Å²) in [6.45, 7) is 0. The quantitative estimate of drug-likeness (QED) is 0.0496. The second-order valence-corrected chi connectivity index (χ2v) is 15.1. The van der Waals surface area contributed by atoms with Gasteiger partial charge in [-0.3, -0.25) is 24.1 Å². The highest BCUT2D eigenvalue weighted by molar-refractivity contribution is 6.58. The first-order chi connectivity index (χ1) is 26.2. The van der Waals surface area contributed by atoms with Gasteiger partial charge in [-0.2, -0.15) is 0 Å². The topological polar surface area (TPSA) is 121 Å². The zero-order chi connectivity index (χ0) is 38.9. The molecule has 1 saturated carbocycles. The van der Waals surface area contributed by atoms with Crippen molar-refractivity contribution < 1.29 is 50.7 Å². The fourth-order valence-electron chi connectivity index (χ4n) is 8.61. The standard InChI is InChI=1S/C39H22Cl2F5N3O6/c40-38-15-22-20(13-14-21-25(22)35(52)48(34(21)51)18-9-5-17(6-10-18)33-47-23-3-1-2-4-24(23)55-33)26(16-7-11-19(50)12-8-16)39(38,41)37(54)49(36(38)53)32-30(45)28(43)27(42)29(44)31(32)46/h1-13,21-22,25-26,50H,14-15H2. The number of para-hydroxylation sites is 2. The van der Waals surface area contributed by atoms with Gasteiger partial charge in [0.2, 0.25) is 23.5 Å². The molecule has 4 amide bonds. The average molecular weight is 795 g/mol. The summed E-state index contributed by atoms with van der Waals surface area (Å²) >= 11 is 14.3. The molecule has 278 valence electrons. The SMILES string of the molecule is O=C1C2CC=C3C(CC4(Cl)C(=O)N(c5c(F)c(F)c(F)c(F)c5F)C(=O)C4(Cl)C3c3ccc(O)cc3)C2C(=O)N1c1ccc(-c2nc3ccccc3o2)cc1. The molecule has 16 heteroatoms. The molecule has 2 saturated heterocycles. The molecule has 0 radical (unpaired) electrons. The maximum absolute atomic E-state index is 15.2. The van der Waals surface area contributed by atoms with E-state index in [9.17, 15) is 37.5 Å². The predicted molar refractivity (Wildman–Crippen MR) is 186 cm³/mol.